The maximum absolute atomic E-state index is 3.75. The van der Waals surface area contributed by atoms with Crippen LogP contribution in [0.3, 0.4) is 0 Å². The van der Waals surface area contributed by atoms with E-state index in [0.717, 1.165) is 5.75 Å². The number of hydrogen-bond acceptors (Lipinski definition) is 1. The molecule has 112 valence electrons. The van der Waals surface area contributed by atoms with Gasteiger partial charge in [-0.1, -0.05) is 55.0 Å². The molecule has 1 aliphatic carbocycles. The summed E-state index contributed by atoms with van der Waals surface area (Å²) in [4.78, 5) is 1.33. The predicted octanol–water partition coefficient (Wildman–Crippen LogP) is 6.35. The van der Waals surface area contributed by atoms with E-state index in [-0.39, 0.29) is 0 Å². The van der Waals surface area contributed by atoms with E-state index < -0.39 is 0 Å². The predicted molar refractivity (Wildman–Crippen MR) is 97.1 cm³/mol. The Morgan fingerprint density at radius 3 is 2.14 bits per heavy atom. The first-order chi connectivity index (χ1) is 10.9. The van der Waals surface area contributed by atoms with Crippen molar-refractivity contribution < 1.29 is 0 Å². The third kappa shape index (κ3) is 4.40. The molecule has 0 aromatic heterocycles. The molecule has 0 unspecified atom stereocenters. The molecule has 1 fully saturated rings. The molecule has 0 atom stereocenters. The summed E-state index contributed by atoms with van der Waals surface area (Å²) in [6.45, 7) is 0. The first kappa shape index (κ1) is 15.2. The fraction of sp³-hybridized carbons (Fsp3) is 0.286. The van der Waals surface area contributed by atoms with Crippen molar-refractivity contribution in [1.29, 1.82) is 0 Å². The highest BCUT2D eigenvalue weighted by atomic mass is 32.2. The van der Waals surface area contributed by atoms with Gasteiger partial charge in [-0.15, -0.1) is 17.5 Å². The number of hydrogen-bond donors (Lipinski definition) is 0. The minimum Gasteiger partial charge on any atom is -0.121 e. The van der Waals surface area contributed by atoms with E-state index >= 15 is 0 Å². The molecule has 0 N–H and O–H groups in total. The zero-order chi connectivity index (χ0) is 15.0. The summed E-state index contributed by atoms with van der Waals surface area (Å²) < 4.78 is 0. The van der Waals surface area contributed by atoms with Gasteiger partial charge in [0, 0.05) is 16.2 Å². The van der Waals surface area contributed by atoms with Crippen LogP contribution in [-0.2, 0) is 0 Å². The largest absolute Gasteiger partial charge is 0.121 e. The maximum atomic E-state index is 3.75. The Labute approximate surface area is 138 Å². The summed E-state index contributed by atoms with van der Waals surface area (Å²) in [5.41, 5.74) is 7.92. The second-order valence-electron chi connectivity index (χ2n) is 5.74. The highest BCUT2D eigenvalue weighted by molar-refractivity contribution is 7.99. The molecule has 3 rings (SSSR count). The smallest absolute Gasteiger partial charge is 0.0311 e. The van der Waals surface area contributed by atoms with Crippen LogP contribution in [0.25, 0.3) is 5.57 Å². The summed E-state index contributed by atoms with van der Waals surface area (Å²) in [7, 11) is 0. The van der Waals surface area contributed by atoms with Crippen molar-refractivity contribution in [2.45, 2.75) is 37.0 Å². The van der Waals surface area contributed by atoms with Crippen molar-refractivity contribution in [1.82, 2.24) is 0 Å². The van der Waals surface area contributed by atoms with Crippen LogP contribution in [0, 0.1) is 0 Å². The zero-order valence-electron chi connectivity index (χ0n) is 12.9. The molecule has 2 aromatic rings. The SMILES string of the molecule is C(=C1CCCCC1)=C(CSc1ccccc1)c1ccccc1. The van der Waals surface area contributed by atoms with Gasteiger partial charge >= 0.3 is 0 Å². The Balaban J connectivity index is 1.85. The summed E-state index contributed by atoms with van der Waals surface area (Å²) in [6, 6.07) is 21.4. The highest BCUT2D eigenvalue weighted by Gasteiger charge is 2.07. The van der Waals surface area contributed by atoms with Crippen molar-refractivity contribution in [3.05, 3.63) is 77.5 Å². The molecule has 1 heteroatoms. The van der Waals surface area contributed by atoms with Gasteiger partial charge in [0.15, 0.2) is 0 Å². The van der Waals surface area contributed by atoms with Gasteiger partial charge in [-0.2, -0.15) is 0 Å². The average molecular weight is 306 g/mol. The lowest BCUT2D eigenvalue weighted by Gasteiger charge is -2.12. The van der Waals surface area contributed by atoms with Gasteiger partial charge < -0.3 is 0 Å². The van der Waals surface area contributed by atoms with E-state index in [0.29, 0.717) is 0 Å². The van der Waals surface area contributed by atoms with E-state index in [9.17, 15) is 0 Å². The molecule has 0 spiro atoms. The lowest BCUT2D eigenvalue weighted by Crippen LogP contribution is -1.94. The molecule has 0 saturated heterocycles. The first-order valence-electron chi connectivity index (χ1n) is 8.12. The molecule has 0 heterocycles. The standard InChI is InChI=1S/C21H22S/c1-4-10-18(11-5-1)16-20(19-12-6-2-7-13-19)17-22-21-14-8-3-9-15-21/h2-3,6-9,12-15H,1,4-5,10-11,17H2. The minimum absolute atomic E-state index is 0.984. The Kier molecular flexibility index (Phi) is 5.59. The quantitative estimate of drug-likeness (QED) is 0.468. The molecule has 0 radical (unpaired) electrons. The molecule has 0 aliphatic heterocycles. The van der Waals surface area contributed by atoms with E-state index in [4.69, 9.17) is 0 Å². The fourth-order valence-corrected chi connectivity index (χ4v) is 3.72. The summed E-state index contributed by atoms with van der Waals surface area (Å²) in [5.74, 6) is 0.984. The zero-order valence-corrected chi connectivity index (χ0v) is 13.7. The Hall–Kier alpha value is -1.69. The molecule has 0 amide bonds. The average Bonchev–Trinajstić information content (AvgIpc) is 2.61. The molecule has 0 nitrogen and oxygen atoms in total. The van der Waals surface area contributed by atoms with Crippen LogP contribution in [-0.4, -0.2) is 5.75 Å². The second-order valence-corrected chi connectivity index (χ2v) is 6.78. The topological polar surface area (TPSA) is 0 Å². The monoisotopic (exact) mass is 306 g/mol. The molecule has 2 aromatic carbocycles. The van der Waals surface area contributed by atoms with Crippen LogP contribution in [0.15, 0.2) is 76.9 Å². The molecular formula is C21H22S. The lowest BCUT2D eigenvalue weighted by atomic mass is 9.94. The van der Waals surface area contributed by atoms with Crippen molar-refractivity contribution in [3.8, 4) is 0 Å². The Bertz CT molecular complexity index is 641. The van der Waals surface area contributed by atoms with Crippen LogP contribution in [0.2, 0.25) is 0 Å². The highest BCUT2D eigenvalue weighted by Crippen LogP contribution is 2.28. The van der Waals surface area contributed by atoms with Gasteiger partial charge in [0.05, 0.1) is 0 Å². The minimum atomic E-state index is 0.984. The van der Waals surface area contributed by atoms with Crippen molar-refractivity contribution in [2.24, 2.45) is 0 Å². The summed E-state index contributed by atoms with van der Waals surface area (Å²) in [6.07, 6.45) is 6.50. The molecule has 22 heavy (non-hydrogen) atoms. The van der Waals surface area contributed by atoms with Crippen molar-refractivity contribution >= 4 is 17.3 Å². The van der Waals surface area contributed by atoms with Gasteiger partial charge in [0.25, 0.3) is 0 Å². The molecule has 1 aliphatic rings. The number of benzene rings is 2. The molecule has 0 bridgehead atoms. The van der Waals surface area contributed by atoms with Gasteiger partial charge in [0.2, 0.25) is 0 Å². The van der Waals surface area contributed by atoms with E-state index in [2.05, 4.69) is 66.4 Å². The van der Waals surface area contributed by atoms with Gasteiger partial charge in [-0.3, -0.25) is 0 Å². The Morgan fingerprint density at radius 2 is 1.45 bits per heavy atom. The van der Waals surface area contributed by atoms with Crippen LogP contribution >= 0.6 is 11.8 Å². The normalized spacial score (nSPS) is 14.5. The van der Waals surface area contributed by atoms with E-state index in [1.807, 2.05) is 11.8 Å². The van der Waals surface area contributed by atoms with Gasteiger partial charge in [0.1, 0.15) is 0 Å². The summed E-state index contributed by atoms with van der Waals surface area (Å²) >= 11 is 1.90. The van der Waals surface area contributed by atoms with Gasteiger partial charge in [-0.25, -0.2) is 0 Å². The third-order valence-electron chi connectivity index (χ3n) is 4.03. The molecular weight excluding hydrogens is 284 g/mol. The van der Waals surface area contributed by atoms with Gasteiger partial charge in [-0.05, 0) is 49.0 Å². The summed E-state index contributed by atoms with van der Waals surface area (Å²) in [5, 5.41) is 0. The van der Waals surface area contributed by atoms with E-state index in [1.54, 1.807) is 0 Å². The molecule has 1 saturated carbocycles. The van der Waals surface area contributed by atoms with Crippen LogP contribution in [0.1, 0.15) is 37.7 Å². The fourth-order valence-electron chi connectivity index (χ4n) is 2.82. The van der Waals surface area contributed by atoms with Crippen LogP contribution in [0.4, 0.5) is 0 Å². The maximum Gasteiger partial charge on any atom is 0.0311 e. The first-order valence-corrected chi connectivity index (χ1v) is 9.11. The lowest BCUT2D eigenvalue weighted by molar-refractivity contribution is 0.600. The van der Waals surface area contributed by atoms with Crippen LogP contribution < -0.4 is 0 Å². The number of rotatable bonds is 4. The van der Waals surface area contributed by atoms with Crippen LogP contribution in [0.5, 0.6) is 0 Å². The number of thioether (sulfide) groups is 1. The third-order valence-corrected chi connectivity index (χ3v) is 5.07. The second kappa shape index (κ2) is 8.08. The van der Waals surface area contributed by atoms with Crippen molar-refractivity contribution in [3.63, 3.8) is 0 Å². The van der Waals surface area contributed by atoms with Crippen molar-refractivity contribution in [2.75, 3.05) is 5.75 Å². The Morgan fingerprint density at radius 1 is 0.818 bits per heavy atom. The van der Waals surface area contributed by atoms with E-state index in [1.165, 1.54) is 53.7 Å².